The Morgan fingerprint density at radius 1 is 1.14 bits per heavy atom. The fraction of sp³-hybridized carbons (Fsp3) is 0.333. The highest BCUT2D eigenvalue weighted by Gasteiger charge is 2.64. The molecule has 3 aliphatic rings. The van der Waals surface area contributed by atoms with E-state index < -0.39 is 64.0 Å². The summed E-state index contributed by atoms with van der Waals surface area (Å²) in [6, 6.07) is 1.48. The molecule has 0 saturated heterocycles. The van der Waals surface area contributed by atoms with Crippen molar-refractivity contribution >= 4 is 29.1 Å². The molecule has 0 radical (unpaired) electrons. The molecule has 182 valence electrons. The summed E-state index contributed by atoms with van der Waals surface area (Å²) in [7, 11) is 3.03. The molecular formula is C24H23N3O8. The predicted octanol–water partition coefficient (Wildman–Crippen LogP) is -1.20. The van der Waals surface area contributed by atoms with E-state index in [1.165, 1.54) is 31.1 Å². The van der Waals surface area contributed by atoms with E-state index >= 15 is 0 Å². The zero-order chi connectivity index (χ0) is 26.0. The van der Waals surface area contributed by atoms with E-state index in [9.17, 15) is 39.6 Å². The maximum Gasteiger partial charge on any atom is 0.293 e. The van der Waals surface area contributed by atoms with Gasteiger partial charge in [-0.2, -0.15) is 0 Å². The van der Waals surface area contributed by atoms with Gasteiger partial charge in [-0.15, -0.1) is 0 Å². The van der Waals surface area contributed by atoms with Gasteiger partial charge in [0.15, 0.2) is 11.4 Å². The lowest BCUT2D eigenvalue weighted by Crippen LogP contribution is -2.65. The van der Waals surface area contributed by atoms with Crippen LogP contribution in [0.2, 0.25) is 0 Å². The number of benzene rings is 1. The van der Waals surface area contributed by atoms with Crippen LogP contribution in [-0.4, -0.2) is 74.4 Å². The van der Waals surface area contributed by atoms with Crippen molar-refractivity contribution in [1.82, 2.24) is 4.90 Å². The van der Waals surface area contributed by atoms with Crippen molar-refractivity contribution in [3.05, 3.63) is 45.7 Å². The number of primary amides is 2. The van der Waals surface area contributed by atoms with Gasteiger partial charge in [0, 0.05) is 17.1 Å². The monoisotopic (exact) mass is 481 g/mol. The van der Waals surface area contributed by atoms with Crippen molar-refractivity contribution in [3.8, 4) is 17.6 Å². The van der Waals surface area contributed by atoms with Crippen LogP contribution >= 0.6 is 0 Å². The number of fused-ring (bicyclic) bond motifs is 3. The molecule has 8 N–H and O–H groups in total. The highest BCUT2D eigenvalue weighted by atomic mass is 16.3. The first-order valence-corrected chi connectivity index (χ1v) is 10.6. The number of likely N-dealkylation sites (N-methyl/N-ethyl adjacent to an activating group) is 1. The molecule has 1 saturated carbocycles. The zero-order valence-electron chi connectivity index (χ0n) is 18.8. The number of hydrogen-bond acceptors (Lipinski definition) is 9. The number of amides is 2. The standard InChI is InChI=1S/C24H23N3O8/c1-27(2)18-12-8-10-7-11-9(4-6-14(25)29)3-5-13(28)16(11)19(30)15(10)21(32)24(12,35)22(33)17(20(18)31)23(26)34/h3,5,10,12,18,28,30,33,35H,7-8H2,1-2H3,(H2,25,29)(H2,26,34)/t10-,12+,18-,24-/m0/s1. The maximum atomic E-state index is 13.7. The van der Waals surface area contributed by atoms with Crippen LogP contribution < -0.4 is 11.5 Å². The Bertz CT molecular complexity index is 1350. The second-order valence-corrected chi connectivity index (χ2v) is 9.06. The van der Waals surface area contributed by atoms with Crippen LogP contribution in [-0.2, 0) is 25.6 Å². The minimum absolute atomic E-state index is 0.0515. The molecular weight excluding hydrogens is 458 g/mol. The first kappa shape index (κ1) is 24.0. The summed E-state index contributed by atoms with van der Waals surface area (Å²) in [6.45, 7) is 0. The van der Waals surface area contributed by atoms with Crippen molar-refractivity contribution in [2.45, 2.75) is 24.5 Å². The van der Waals surface area contributed by atoms with Crippen molar-refractivity contribution in [3.63, 3.8) is 0 Å². The summed E-state index contributed by atoms with van der Waals surface area (Å²) >= 11 is 0. The quantitative estimate of drug-likeness (QED) is 0.221. The van der Waals surface area contributed by atoms with Crippen molar-refractivity contribution in [2.24, 2.45) is 23.3 Å². The lowest BCUT2D eigenvalue weighted by atomic mass is 9.57. The molecule has 35 heavy (non-hydrogen) atoms. The zero-order valence-corrected chi connectivity index (χ0v) is 18.8. The molecule has 11 nitrogen and oxygen atoms in total. The summed E-state index contributed by atoms with van der Waals surface area (Å²) in [6.07, 6.45) is 0.00974. The number of aliphatic hydroxyl groups excluding tert-OH is 2. The molecule has 11 heteroatoms. The number of hydrogen-bond donors (Lipinski definition) is 6. The van der Waals surface area contributed by atoms with E-state index in [-0.39, 0.29) is 35.3 Å². The Labute approximate surface area is 199 Å². The van der Waals surface area contributed by atoms with Crippen molar-refractivity contribution < 1.29 is 39.6 Å². The lowest BCUT2D eigenvalue weighted by molar-refractivity contribution is -0.153. The number of nitrogens with zero attached hydrogens (tertiary/aromatic N) is 1. The average Bonchev–Trinajstić information content (AvgIpc) is 2.75. The van der Waals surface area contributed by atoms with Gasteiger partial charge in [-0.25, -0.2) is 0 Å². The average molecular weight is 481 g/mol. The predicted molar refractivity (Wildman–Crippen MR) is 120 cm³/mol. The molecule has 4 rings (SSSR count). The van der Waals surface area contributed by atoms with Crippen LogP contribution in [0.5, 0.6) is 5.75 Å². The number of nitrogens with two attached hydrogens (primary N) is 2. The molecule has 0 aromatic heterocycles. The number of phenols is 1. The maximum absolute atomic E-state index is 13.7. The molecule has 0 heterocycles. The van der Waals surface area contributed by atoms with Crippen LogP contribution in [0.4, 0.5) is 0 Å². The SMILES string of the molecule is CN(C)[C@@H]1C(=O)C(C(N)=O)=C(O)[C@@]2(O)C(=O)C3=C(O)c4c(O)ccc(C#CC(N)=O)c4C[C@H]3C[C@H]12. The molecule has 0 bridgehead atoms. The molecule has 1 aromatic carbocycles. The number of phenolic OH excluding ortho intramolecular Hbond substituents is 1. The van der Waals surface area contributed by atoms with Gasteiger partial charge in [0.05, 0.1) is 11.6 Å². The third-order valence-corrected chi connectivity index (χ3v) is 6.92. The van der Waals surface area contributed by atoms with E-state index in [1.807, 2.05) is 0 Å². The van der Waals surface area contributed by atoms with E-state index in [4.69, 9.17) is 11.5 Å². The van der Waals surface area contributed by atoms with Crippen molar-refractivity contribution in [1.29, 1.82) is 0 Å². The van der Waals surface area contributed by atoms with Crippen LogP contribution in [0, 0.1) is 23.7 Å². The Morgan fingerprint density at radius 2 is 1.80 bits per heavy atom. The molecule has 1 aromatic rings. The van der Waals surface area contributed by atoms with Crippen LogP contribution in [0.3, 0.4) is 0 Å². The van der Waals surface area contributed by atoms with Crippen LogP contribution in [0.1, 0.15) is 23.1 Å². The fourth-order valence-corrected chi connectivity index (χ4v) is 5.49. The number of carbonyl (C=O) groups is 4. The van der Waals surface area contributed by atoms with Crippen LogP contribution in [0.25, 0.3) is 5.76 Å². The van der Waals surface area contributed by atoms with E-state index in [0.29, 0.717) is 5.56 Å². The summed E-state index contributed by atoms with van der Waals surface area (Å²) < 4.78 is 0. The number of ketones is 2. The minimum Gasteiger partial charge on any atom is -0.508 e. The lowest BCUT2D eigenvalue weighted by Gasteiger charge is -2.50. The molecule has 1 fully saturated rings. The summed E-state index contributed by atoms with van der Waals surface area (Å²) in [5.41, 5.74) is 7.06. The Hall–Kier alpha value is -4.14. The topological polar surface area (TPSA) is 204 Å². The fourth-order valence-electron chi connectivity index (χ4n) is 5.49. The largest absolute Gasteiger partial charge is 0.508 e. The molecule has 0 spiro atoms. The first-order valence-electron chi connectivity index (χ1n) is 10.6. The Balaban J connectivity index is 1.98. The third kappa shape index (κ3) is 3.30. The van der Waals surface area contributed by atoms with Gasteiger partial charge < -0.3 is 31.9 Å². The molecule has 3 aliphatic carbocycles. The molecule has 2 amide bonds. The number of carbonyl (C=O) groups excluding carboxylic acids is 4. The second kappa shape index (κ2) is 7.97. The number of Topliss-reactive ketones (excluding diaryl/α,β-unsaturated/α-hetero) is 2. The smallest absolute Gasteiger partial charge is 0.293 e. The van der Waals surface area contributed by atoms with Gasteiger partial charge in [0.2, 0.25) is 5.78 Å². The van der Waals surface area contributed by atoms with Crippen molar-refractivity contribution in [2.75, 3.05) is 14.1 Å². The van der Waals surface area contributed by atoms with Gasteiger partial charge in [0.1, 0.15) is 22.8 Å². The highest BCUT2D eigenvalue weighted by molar-refractivity contribution is 6.24. The second-order valence-electron chi connectivity index (χ2n) is 9.06. The minimum atomic E-state index is -2.70. The van der Waals surface area contributed by atoms with E-state index in [2.05, 4.69) is 11.8 Å². The Morgan fingerprint density at radius 3 is 2.37 bits per heavy atom. The highest BCUT2D eigenvalue weighted by Crippen LogP contribution is 2.52. The summed E-state index contributed by atoms with van der Waals surface area (Å²) in [4.78, 5) is 51.3. The molecule has 0 aliphatic heterocycles. The number of aromatic hydroxyl groups is 1. The van der Waals surface area contributed by atoms with Gasteiger partial charge in [-0.05, 0) is 56.5 Å². The first-order chi connectivity index (χ1) is 16.3. The Kier molecular flexibility index (Phi) is 5.47. The van der Waals surface area contributed by atoms with Gasteiger partial charge in [-0.1, -0.05) is 5.92 Å². The van der Waals surface area contributed by atoms with Crippen LogP contribution in [0.15, 0.2) is 29.0 Å². The van der Waals surface area contributed by atoms with E-state index in [1.54, 1.807) is 0 Å². The third-order valence-electron chi connectivity index (χ3n) is 6.92. The summed E-state index contributed by atoms with van der Waals surface area (Å²) in [5.74, 6) is -3.44. The number of rotatable bonds is 2. The summed E-state index contributed by atoms with van der Waals surface area (Å²) in [5, 5.41) is 43.8. The number of aliphatic hydroxyl groups is 3. The van der Waals surface area contributed by atoms with E-state index in [0.717, 1.165) is 0 Å². The van der Waals surface area contributed by atoms with Gasteiger partial charge in [0.25, 0.3) is 11.8 Å². The molecule has 4 atom stereocenters. The van der Waals surface area contributed by atoms with Gasteiger partial charge in [-0.3, -0.25) is 24.1 Å². The molecule has 0 unspecified atom stereocenters. The normalized spacial score (nSPS) is 27.6. The van der Waals surface area contributed by atoms with Gasteiger partial charge >= 0.3 is 0 Å².